The molecule has 0 aromatic rings. The lowest BCUT2D eigenvalue weighted by molar-refractivity contribution is -0.186. The summed E-state index contributed by atoms with van der Waals surface area (Å²) in [7, 11) is 1.70. The first-order valence-electron chi connectivity index (χ1n) is 11.3. The summed E-state index contributed by atoms with van der Waals surface area (Å²) in [6.45, 7) is 7.43. The van der Waals surface area contributed by atoms with Gasteiger partial charge in [-0.15, -0.1) is 0 Å². The molecule has 0 spiro atoms. The number of hydrogen-bond donors (Lipinski definition) is 0. The van der Waals surface area contributed by atoms with E-state index in [4.69, 9.17) is 9.47 Å². The zero-order valence-corrected chi connectivity index (χ0v) is 18.9. The van der Waals surface area contributed by atoms with Crippen LogP contribution in [0, 0.1) is 28.6 Å². The summed E-state index contributed by atoms with van der Waals surface area (Å²) in [6.07, 6.45) is 9.03. The van der Waals surface area contributed by atoms with Crippen molar-refractivity contribution in [2.45, 2.75) is 78.2 Å². The lowest BCUT2D eigenvalue weighted by Crippen LogP contribution is -2.58. The van der Waals surface area contributed by atoms with E-state index in [1.807, 2.05) is 0 Å². The van der Waals surface area contributed by atoms with Gasteiger partial charge < -0.3 is 9.47 Å². The second-order valence-electron chi connectivity index (χ2n) is 10.3. The van der Waals surface area contributed by atoms with Gasteiger partial charge in [-0.3, -0.25) is 14.4 Å². The Labute approximate surface area is 179 Å². The number of methoxy groups -OCH3 is 1. The number of allylic oxidation sites excluding steroid dienone is 4. The summed E-state index contributed by atoms with van der Waals surface area (Å²) in [4.78, 5) is 36.9. The average Bonchev–Trinajstić information content (AvgIpc) is 3.00. The number of ketones is 1. The standard InChI is InChI=1S/C25H34O5/c1-15(27)25(30-16(2)28)11-8-21-19-12-17(14-26)22-13-18(29-5)6-9-23(22,3)20(19)7-10-24(21,25)4/h13-14,19-21H,6-12H2,1-5H3. The van der Waals surface area contributed by atoms with E-state index in [9.17, 15) is 14.4 Å². The van der Waals surface area contributed by atoms with E-state index in [1.165, 1.54) is 6.92 Å². The first kappa shape index (κ1) is 21.3. The second kappa shape index (κ2) is 7.06. The van der Waals surface area contributed by atoms with Gasteiger partial charge in [0, 0.05) is 18.8 Å². The van der Waals surface area contributed by atoms with Gasteiger partial charge in [0.05, 0.1) is 12.9 Å². The van der Waals surface area contributed by atoms with Gasteiger partial charge in [-0.1, -0.05) is 13.8 Å². The highest BCUT2D eigenvalue weighted by Gasteiger charge is 2.67. The number of ether oxygens (including phenoxy) is 2. The smallest absolute Gasteiger partial charge is 0.303 e. The van der Waals surface area contributed by atoms with Crippen LogP contribution in [0.3, 0.4) is 0 Å². The second-order valence-corrected chi connectivity index (χ2v) is 10.3. The maximum absolute atomic E-state index is 12.8. The number of rotatable bonds is 4. The van der Waals surface area contributed by atoms with Crippen LogP contribution in [0.4, 0.5) is 0 Å². The fourth-order valence-corrected chi connectivity index (χ4v) is 7.82. The molecule has 0 aromatic heterocycles. The molecule has 164 valence electrons. The Morgan fingerprint density at radius 1 is 1.10 bits per heavy atom. The number of aldehydes is 1. The quantitative estimate of drug-likeness (QED) is 0.499. The Hall–Kier alpha value is -1.91. The van der Waals surface area contributed by atoms with E-state index in [2.05, 4.69) is 19.9 Å². The van der Waals surface area contributed by atoms with Gasteiger partial charge in [0.15, 0.2) is 11.4 Å². The molecule has 5 nitrogen and oxygen atoms in total. The van der Waals surface area contributed by atoms with Crippen molar-refractivity contribution in [1.29, 1.82) is 0 Å². The molecule has 5 heteroatoms. The Bertz CT molecular complexity index is 854. The molecule has 30 heavy (non-hydrogen) atoms. The SMILES string of the molecule is COC1=CC2=C(C=O)CC3C(CCC4(C)C3CCC4(OC(C)=O)C(C)=O)C2(C)CC1. The van der Waals surface area contributed by atoms with Crippen LogP contribution in [0.25, 0.3) is 0 Å². The Balaban J connectivity index is 1.78. The van der Waals surface area contributed by atoms with Crippen LogP contribution in [0.5, 0.6) is 0 Å². The number of fused-ring (bicyclic) bond motifs is 5. The van der Waals surface area contributed by atoms with Gasteiger partial charge in [0.2, 0.25) is 0 Å². The minimum atomic E-state index is -1.03. The van der Waals surface area contributed by atoms with Crippen molar-refractivity contribution in [3.05, 3.63) is 23.0 Å². The van der Waals surface area contributed by atoms with E-state index >= 15 is 0 Å². The molecule has 6 atom stereocenters. The predicted molar refractivity (Wildman–Crippen MR) is 112 cm³/mol. The molecule has 2 fully saturated rings. The van der Waals surface area contributed by atoms with Gasteiger partial charge in [-0.25, -0.2) is 0 Å². The van der Waals surface area contributed by atoms with Crippen molar-refractivity contribution < 1.29 is 23.9 Å². The predicted octanol–water partition coefficient (Wildman–Crippen LogP) is 4.55. The Morgan fingerprint density at radius 3 is 2.40 bits per heavy atom. The van der Waals surface area contributed by atoms with E-state index in [0.29, 0.717) is 18.3 Å². The molecule has 2 saturated carbocycles. The minimum Gasteiger partial charge on any atom is -0.501 e. The fourth-order valence-electron chi connectivity index (χ4n) is 7.82. The maximum atomic E-state index is 12.8. The first-order valence-corrected chi connectivity index (χ1v) is 11.3. The van der Waals surface area contributed by atoms with Crippen molar-refractivity contribution >= 4 is 18.0 Å². The molecule has 4 aliphatic rings. The summed E-state index contributed by atoms with van der Waals surface area (Å²) >= 11 is 0. The van der Waals surface area contributed by atoms with Crippen molar-refractivity contribution in [2.24, 2.45) is 28.6 Å². The van der Waals surface area contributed by atoms with Crippen LogP contribution >= 0.6 is 0 Å². The third kappa shape index (κ3) is 2.69. The zero-order chi connectivity index (χ0) is 21.9. The molecule has 0 radical (unpaired) electrons. The summed E-state index contributed by atoms with van der Waals surface area (Å²) in [5, 5.41) is 0. The van der Waals surface area contributed by atoms with Gasteiger partial charge in [0.1, 0.15) is 6.29 Å². The van der Waals surface area contributed by atoms with Crippen molar-refractivity contribution in [3.8, 4) is 0 Å². The summed E-state index contributed by atoms with van der Waals surface area (Å²) in [6, 6.07) is 0. The Morgan fingerprint density at radius 2 is 1.80 bits per heavy atom. The van der Waals surface area contributed by atoms with Gasteiger partial charge in [0.25, 0.3) is 0 Å². The van der Waals surface area contributed by atoms with Crippen molar-refractivity contribution in [1.82, 2.24) is 0 Å². The number of Topliss-reactive ketones (excluding diaryl/α,β-unsaturated/α-hetero) is 1. The molecular weight excluding hydrogens is 380 g/mol. The van der Waals surface area contributed by atoms with Crippen LogP contribution in [0.15, 0.2) is 23.0 Å². The summed E-state index contributed by atoms with van der Waals surface area (Å²) in [5.41, 5.74) is 0.573. The van der Waals surface area contributed by atoms with E-state index in [1.54, 1.807) is 14.0 Å². The topological polar surface area (TPSA) is 69.7 Å². The van der Waals surface area contributed by atoms with Gasteiger partial charge in [-0.2, -0.15) is 0 Å². The number of carbonyl (C=O) groups excluding carboxylic acids is 3. The Kier molecular flexibility index (Phi) is 5.02. The van der Waals surface area contributed by atoms with Crippen LogP contribution in [0.2, 0.25) is 0 Å². The van der Waals surface area contributed by atoms with Crippen LogP contribution in [0.1, 0.15) is 72.6 Å². The highest BCUT2D eigenvalue weighted by molar-refractivity contribution is 5.89. The van der Waals surface area contributed by atoms with Crippen LogP contribution in [-0.4, -0.2) is 30.7 Å². The monoisotopic (exact) mass is 414 g/mol. The number of hydrogen-bond acceptors (Lipinski definition) is 5. The zero-order valence-electron chi connectivity index (χ0n) is 18.9. The van der Waals surface area contributed by atoms with Gasteiger partial charge >= 0.3 is 5.97 Å². The highest BCUT2D eigenvalue weighted by atomic mass is 16.6. The van der Waals surface area contributed by atoms with E-state index in [-0.39, 0.29) is 28.5 Å². The van der Waals surface area contributed by atoms with Crippen molar-refractivity contribution in [3.63, 3.8) is 0 Å². The number of carbonyl (C=O) groups is 3. The molecule has 0 saturated heterocycles. The average molecular weight is 415 g/mol. The van der Waals surface area contributed by atoms with Crippen LogP contribution < -0.4 is 0 Å². The molecule has 0 amide bonds. The molecule has 4 rings (SSSR count). The van der Waals surface area contributed by atoms with Crippen LogP contribution in [-0.2, 0) is 23.9 Å². The molecule has 0 aliphatic heterocycles. The molecule has 0 N–H and O–H groups in total. The lowest BCUT2D eigenvalue weighted by Gasteiger charge is -2.58. The molecule has 4 aliphatic carbocycles. The molecule has 0 aromatic carbocycles. The fraction of sp³-hybridized carbons (Fsp3) is 0.720. The first-order chi connectivity index (χ1) is 14.1. The third-order valence-corrected chi connectivity index (χ3v) is 9.28. The third-order valence-electron chi connectivity index (χ3n) is 9.28. The summed E-state index contributed by atoms with van der Waals surface area (Å²) < 4.78 is 11.3. The molecule has 6 unspecified atom stereocenters. The maximum Gasteiger partial charge on any atom is 0.303 e. The summed E-state index contributed by atoms with van der Waals surface area (Å²) in [5.74, 6) is 1.58. The molecular formula is C25H34O5. The molecule has 0 bridgehead atoms. The highest BCUT2D eigenvalue weighted by Crippen LogP contribution is 2.68. The normalized spacial score (nSPS) is 42.4. The van der Waals surface area contributed by atoms with E-state index < -0.39 is 5.60 Å². The van der Waals surface area contributed by atoms with Crippen molar-refractivity contribution in [2.75, 3.05) is 7.11 Å². The van der Waals surface area contributed by atoms with E-state index in [0.717, 1.165) is 61.7 Å². The lowest BCUT2D eigenvalue weighted by atomic mass is 9.46. The largest absolute Gasteiger partial charge is 0.501 e. The minimum absolute atomic E-state index is 0.0413. The van der Waals surface area contributed by atoms with Gasteiger partial charge in [-0.05, 0) is 85.8 Å². The molecule has 0 heterocycles. The number of esters is 1.